The largest absolute Gasteiger partial charge is 0.487 e. The van der Waals surface area contributed by atoms with Gasteiger partial charge in [0.2, 0.25) is 0 Å². The molecule has 1 atom stereocenters. The van der Waals surface area contributed by atoms with Gasteiger partial charge in [0, 0.05) is 26.3 Å². The fraction of sp³-hybridized carbons (Fsp3) is 0.308. The van der Waals surface area contributed by atoms with Crippen molar-refractivity contribution >= 4 is 5.96 Å². The molecule has 1 N–H and O–H groups in total. The molecule has 0 amide bonds. The summed E-state index contributed by atoms with van der Waals surface area (Å²) in [7, 11) is 1.83. The number of morpholine rings is 1. The van der Waals surface area contributed by atoms with Gasteiger partial charge in [-0.15, -0.1) is 0 Å². The van der Waals surface area contributed by atoms with Gasteiger partial charge in [-0.2, -0.15) is 0 Å². The monoisotopic (exact) mass is 430 g/mol. The van der Waals surface area contributed by atoms with Gasteiger partial charge in [0.1, 0.15) is 18.5 Å². The van der Waals surface area contributed by atoms with Crippen LogP contribution in [0.5, 0.6) is 5.75 Å². The molecule has 2 heterocycles. The molecule has 1 saturated heterocycles. The second-order valence-corrected chi connectivity index (χ2v) is 7.82. The molecular weight excluding hydrogens is 400 g/mol. The number of hydrogen-bond acceptors (Lipinski definition) is 4. The lowest BCUT2D eigenvalue weighted by Crippen LogP contribution is -2.48. The number of guanidine groups is 1. The Morgan fingerprint density at radius 2 is 2.03 bits per heavy atom. The summed E-state index contributed by atoms with van der Waals surface area (Å²) in [5.74, 6) is 1.71. The van der Waals surface area contributed by atoms with Gasteiger partial charge in [-0.3, -0.25) is 9.98 Å². The average Bonchev–Trinajstić information content (AvgIpc) is 2.85. The van der Waals surface area contributed by atoms with E-state index < -0.39 is 0 Å². The summed E-state index contributed by atoms with van der Waals surface area (Å²) in [5.41, 5.74) is 4.54. The molecule has 1 aliphatic rings. The summed E-state index contributed by atoms with van der Waals surface area (Å²) in [5, 5.41) is 3.50. The number of ether oxygens (including phenoxy) is 2. The van der Waals surface area contributed by atoms with E-state index in [1.807, 2.05) is 37.4 Å². The van der Waals surface area contributed by atoms with Gasteiger partial charge < -0.3 is 19.7 Å². The van der Waals surface area contributed by atoms with Crippen LogP contribution in [0.2, 0.25) is 0 Å². The van der Waals surface area contributed by atoms with Crippen molar-refractivity contribution in [2.75, 3.05) is 26.7 Å². The fourth-order valence-electron chi connectivity index (χ4n) is 3.88. The highest BCUT2D eigenvalue weighted by Crippen LogP contribution is 2.25. The molecule has 1 aliphatic heterocycles. The molecule has 32 heavy (non-hydrogen) atoms. The van der Waals surface area contributed by atoms with Crippen molar-refractivity contribution in [3.05, 3.63) is 95.3 Å². The van der Waals surface area contributed by atoms with E-state index in [4.69, 9.17) is 9.47 Å². The Morgan fingerprint density at radius 1 is 1.16 bits per heavy atom. The van der Waals surface area contributed by atoms with Crippen LogP contribution in [0.4, 0.5) is 0 Å². The summed E-state index contributed by atoms with van der Waals surface area (Å²) >= 11 is 0. The zero-order chi connectivity index (χ0) is 22.2. The number of benzene rings is 2. The van der Waals surface area contributed by atoms with Crippen LogP contribution in [0.1, 0.15) is 28.5 Å². The van der Waals surface area contributed by atoms with Crippen LogP contribution in [-0.2, 0) is 17.9 Å². The first-order valence-corrected chi connectivity index (χ1v) is 11.0. The zero-order valence-electron chi connectivity index (χ0n) is 18.7. The van der Waals surface area contributed by atoms with Crippen molar-refractivity contribution in [2.45, 2.75) is 26.2 Å². The summed E-state index contributed by atoms with van der Waals surface area (Å²) in [6, 6.07) is 22.4. The molecule has 6 heteroatoms. The highest BCUT2D eigenvalue weighted by atomic mass is 16.5. The van der Waals surface area contributed by atoms with Crippen molar-refractivity contribution < 1.29 is 9.47 Å². The first kappa shape index (κ1) is 21.8. The number of aliphatic imine (C=N–C) groups is 1. The molecule has 4 rings (SSSR count). The minimum Gasteiger partial charge on any atom is -0.487 e. The lowest BCUT2D eigenvalue weighted by molar-refractivity contribution is -0.00833. The minimum atomic E-state index is 0.0480. The number of aromatic nitrogens is 1. The molecule has 0 bridgehead atoms. The molecule has 0 spiro atoms. The van der Waals surface area contributed by atoms with Gasteiger partial charge >= 0.3 is 0 Å². The predicted molar refractivity (Wildman–Crippen MR) is 127 cm³/mol. The Labute approximate surface area is 189 Å². The number of nitrogens with one attached hydrogen (secondary N) is 1. The zero-order valence-corrected chi connectivity index (χ0v) is 18.7. The summed E-state index contributed by atoms with van der Waals surface area (Å²) in [6.45, 7) is 5.52. The van der Waals surface area contributed by atoms with E-state index in [2.05, 4.69) is 63.5 Å². The summed E-state index contributed by atoms with van der Waals surface area (Å²) in [4.78, 5) is 11.1. The fourth-order valence-corrected chi connectivity index (χ4v) is 3.88. The molecule has 6 nitrogen and oxygen atoms in total. The molecule has 2 aromatic carbocycles. The standard InChI is InChI=1S/C26H30N4O2/c1-20-8-3-4-12-24(20)25-18-30(14-15-31-25)26(27-2)29-17-21-9-7-11-23(16-21)32-19-22-10-5-6-13-28-22/h3-13,16,25H,14-15,17-19H2,1-2H3,(H,27,29). The van der Waals surface area contributed by atoms with Crippen LogP contribution in [0.3, 0.4) is 0 Å². The van der Waals surface area contributed by atoms with Crippen LogP contribution in [0, 0.1) is 6.92 Å². The molecule has 0 saturated carbocycles. The molecule has 3 aromatic rings. The maximum atomic E-state index is 6.07. The third-order valence-corrected chi connectivity index (χ3v) is 5.58. The van der Waals surface area contributed by atoms with Crippen molar-refractivity contribution in [3.63, 3.8) is 0 Å². The predicted octanol–water partition coefficient (Wildman–Crippen LogP) is 4.12. The Balaban J connectivity index is 1.34. The number of aryl methyl sites for hydroxylation is 1. The van der Waals surface area contributed by atoms with E-state index in [0.717, 1.165) is 36.1 Å². The average molecular weight is 431 g/mol. The second kappa shape index (κ2) is 10.8. The van der Waals surface area contributed by atoms with Gasteiger partial charge in [-0.05, 0) is 47.9 Å². The molecule has 0 aliphatic carbocycles. The summed E-state index contributed by atoms with van der Waals surface area (Å²) in [6.07, 6.45) is 1.83. The summed E-state index contributed by atoms with van der Waals surface area (Å²) < 4.78 is 12.0. The molecule has 166 valence electrons. The maximum Gasteiger partial charge on any atom is 0.194 e. The molecule has 0 radical (unpaired) electrons. The Morgan fingerprint density at radius 3 is 2.84 bits per heavy atom. The highest BCUT2D eigenvalue weighted by Gasteiger charge is 2.25. The van der Waals surface area contributed by atoms with Crippen LogP contribution >= 0.6 is 0 Å². The van der Waals surface area contributed by atoms with Gasteiger partial charge in [0.15, 0.2) is 5.96 Å². The van der Waals surface area contributed by atoms with Crippen molar-refractivity contribution in [3.8, 4) is 5.75 Å². The maximum absolute atomic E-state index is 6.07. The van der Waals surface area contributed by atoms with E-state index in [1.54, 1.807) is 6.20 Å². The SMILES string of the molecule is CN=C(NCc1cccc(OCc2ccccn2)c1)N1CCOC(c2ccccc2C)C1. The lowest BCUT2D eigenvalue weighted by Gasteiger charge is -2.35. The normalized spacial score (nSPS) is 16.6. The first-order chi connectivity index (χ1) is 15.7. The number of rotatable bonds is 6. The number of hydrogen-bond donors (Lipinski definition) is 1. The van der Waals surface area contributed by atoms with E-state index in [1.165, 1.54) is 11.1 Å². The van der Waals surface area contributed by atoms with E-state index >= 15 is 0 Å². The minimum absolute atomic E-state index is 0.0480. The molecule has 1 fully saturated rings. The Kier molecular flexibility index (Phi) is 7.35. The third-order valence-electron chi connectivity index (χ3n) is 5.58. The smallest absolute Gasteiger partial charge is 0.194 e. The van der Waals surface area contributed by atoms with Gasteiger partial charge in [-0.1, -0.05) is 42.5 Å². The lowest BCUT2D eigenvalue weighted by atomic mass is 10.0. The number of pyridine rings is 1. The molecule has 1 aromatic heterocycles. The molecular formula is C26H30N4O2. The quantitative estimate of drug-likeness (QED) is 0.471. The van der Waals surface area contributed by atoms with Crippen LogP contribution in [-0.4, -0.2) is 42.6 Å². The van der Waals surface area contributed by atoms with Crippen molar-refractivity contribution in [1.82, 2.24) is 15.2 Å². The van der Waals surface area contributed by atoms with Gasteiger partial charge in [0.05, 0.1) is 18.8 Å². The topological polar surface area (TPSA) is 59.0 Å². The Bertz CT molecular complexity index is 1040. The van der Waals surface area contributed by atoms with Crippen LogP contribution in [0.25, 0.3) is 0 Å². The second-order valence-electron chi connectivity index (χ2n) is 7.82. The van der Waals surface area contributed by atoms with Gasteiger partial charge in [-0.25, -0.2) is 0 Å². The van der Waals surface area contributed by atoms with Gasteiger partial charge in [0.25, 0.3) is 0 Å². The first-order valence-electron chi connectivity index (χ1n) is 11.0. The van der Waals surface area contributed by atoms with Crippen LogP contribution in [0.15, 0.2) is 77.9 Å². The van der Waals surface area contributed by atoms with E-state index in [9.17, 15) is 0 Å². The Hall–Kier alpha value is -3.38. The molecule has 1 unspecified atom stereocenters. The highest BCUT2D eigenvalue weighted by molar-refractivity contribution is 5.80. The third kappa shape index (κ3) is 5.65. The van der Waals surface area contributed by atoms with E-state index in [-0.39, 0.29) is 6.10 Å². The van der Waals surface area contributed by atoms with Crippen LogP contribution < -0.4 is 10.1 Å². The van der Waals surface area contributed by atoms with E-state index in [0.29, 0.717) is 19.8 Å². The number of nitrogens with zero attached hydrogens (tertiary/aromatic N) is 3. The van der Waals surface area contributed by atoms with Crippen molar-refractivity contribution in [1.29, 1.82) is 0 Å². The van der Waals surface area contributed by atoms with Crippen molar-refractivity contribution in [2.24, 2.45) is 4.99 Å².